The van der Waals surface area contributed by atoms with Gasteiger partial charge in [-0.3, -0.25) is 4.68 Å². The molecule has 1 atom stereocenters. The molecule has 1 unspecified atom stereocenters. The fourth-order valence-electron chi connectivity index (χ4n) is 1.85. The molecule has 3 nitrogen and oxygen atoms in total. The molecule has 0 aliphatic carbocycles. The number of hydrogen-bond acceptors (Lipinski definition) is 3. The lowest BCUT2D eigenvalue weighted by Gasteiger charge is -2.10. The van der Waals surface area contributed by atoms with Crippen LogP contribution in [0.15, 0.2) is 16.8 Å². The van der Waals surface area contributed by atoms with Gasteiger partial charge in [0, 0.05) is 19.5 Å². The molecule has 0 bridgehead atoms. The Bertz CT molecular complexity index is 490. The molecule has 0 amide bonds. The minimum absolute atomic E-state index is 0.0149. The quantitative estimate of drug-likeness (QED) is 0.927. The van der Waals surface area contributed by atoms with E-state index < -0.39 is 0 Å². The predicted molar refractivity (Wildman–Crippen MR) is 72.5 cm³/mol. The van der Waals surface area contributed by atoms with Gasteiger partial charge in [-0.1, -0.05) is 18.5 Å². The summed E-state index contributed by atoms with van der Waals surface area (Å²) in [5.74, 6) is 0. The number of thiophene rings is 1. The third kappa shape index (κ3) is 2.54. The Kier molecular flexibility index (Phi) is 3.86. The maximum Gasteiger partial charge on any atom is 0.0850 e. The molecule has 5 heteroatoms. The first-order chi connectivity index (χ1) is 8.13. The summed E-state index contributed by atoms with van der Waals surface area (Å²) in [7, 11) is 1.92. The van der Waals surface area contributed by atoms with Crippen LogP contribution in [0.3, 0.4) is 0 Å². The lowest BCUT2D eigenvalue weighted by atomic mass is 10.1. The molecule has 2 rings (SSSR count). The van der Waals surface area contributed by atoms with Crippen molar-refractivity contribution in [3.63, 3.8) is 0 Å². The van der Waals surface area contributed by atoms with Crippen LogP contribution in [0.5, 0.6) is 0 Å². The van der Waals surface area contributed by atoms with Crippen molar-refractivity contribution in [3.8, 4) is 0 Å². The minimum Gasteiger partial charge on any atom is -0.324 e. The summed E-state index contributed by atoms with van der Waals surface area (Å²) in [5.41, 5.74) is 9.29. The van der Waals surface area contributed by atoms with Crippen LogP contribution in [0.1, 0.15) is 29.9 Å². The first-order valence-electron chi connectivity index (χ1n) is 5.61. The van der Waals surface area contributed by atoms with Crippen LogP contribution >= 0.6 is 22.9 Å². The lowest BCUT2D eigenvalue weighted by molar-refractivity contribution is 0.639. The highest BCUT2D eigenvalue weighted by Crippen LogP contribution is 2.25. The van der Waals surface area contributed by atoms with Crippen LogP contribution in [0.2, 0.25) is 5.02 Å². The summed E-state index contributed by atoms with van der Waals surface area (Å²) in [5, 5.41) is 9.28. The normalized spacial score (nSPS) is 12.9. The number of aryl methyl sites for hydroxylation is 2. The molecule has 0 spiro atoms. The van der Waals surface area contributed by atoms with E-state index in [2.05, 4.69) is 23.5 Å². The number of aromatic nitrogens is 2. The van der Waals surface area contributed by atoms with Crippen LogP contribution in [0.25, 0.3) is 0 Å². The van der Waals surface area contributed by atoms with Crippen molar-refractivity contribution >= 4 is 22.9 Å². The van der Waals surface area contributed by atoms with Crippen molar-refractivity contribution in [2.75, 3.05) is 0 Å². The number of hydrogen-bond donors (Lipinski definition) is 1. The third-order valence-electron chi connectivity index (χ3n) is 2.89. The molecule has 0 saturated carbocycles. The average molecular weight is 270 g/mol. The summed E-state index contributed by atoms with van der Waals surface area (Å²) in [6, 6.07) is 2.04. The molecule has 2 heterocycles. The van der Waals surface area contributed by atoms with Gasteiger partial charge in [-0.15, -0.1) is 0 Å². The molecular weight excluding hydrogens is 254 g/mol. The van der Waals surface area contributed by atoms with Gasteiger partial charge >= 0.3 is 0 Å². The maximum atomic E-state index is 6.30. The van der Waals surface area contributed by atoms with Gasteiger partial charge in [-0.05, 0) is 28.8 Å². The zero-order chi connectivity index (χ0) is 12.4. The fourth-order valence-corrected chi connectivity index (χ4v) is 2.95. The Hall–Kier alpha value is -0.840. The molecule has 0 radical (unpaired) electrons. The van der Waals surface area contributed by atoms with Gasteiger partial charge in [0.1, 0.15) is 0 Å². The summed E-state index contributed by atoms with van der Waals surface area (Å²) in [6.45, 7) is 2.05. The molecule has 0 aromatic carbocycles. The molecule has 2 N–H and O–H groups in total. The van der Waals surface area contributed by atoms with Crippen LogP contribution in [0.4, 0.5) is 0 Å². The molecule has 2 aromatic heterocycles. The third-order valence-corrected chi connectivity index (χ3v) is 4.03. The first-order valence-corrected chi connectivity index (χ1v) is 6.93. The second-order valence-corrected chi connectivity index (χ2v) is 5.21. The smallest absolute Gasteiger partial charge is 0.0850 e. The maximum absolute atomic E-state index is 6.30. The second-order valence-electron chi connectivity index (χ2n) is 4.05. The molecule has 0 aliphatic heterocycles. The van der Waals surface area contributed by atoms with E-state index >= 15 is 0 Å². The van der Waals surface area contributed by atoms with Crippen molar-refractivity contribution in [3.05, 3.63) is 38.8 Å². The Balaban J connectivity index is 2.21. The predicted octanol–water partition coefficient (Wildman–Crippen LogP) is 2.94. The van der Waals surface area contributed by atoms with E-state index in [0.29, 0.717) is 0 Å². The number of nitrogens with two attached hydrogens (primary N) is 1. The Labute approximate surface area is 110 Å². The zero-order valence-corrected chi connectivity index (χ0v) is 11.6. The van der Waals surface area contributed by atoms with Crippen molar-refractivity contribution < 1.29 is 0 Å². The lowest BCUT2D eigenvalue weighted by Crippen LogP contribution is -2.14. The summed E-state index contributed by atoms with van der Waals surface area (Å²) in [6.07, 6.45) is 1.57. The zero-order valence-electron chi connectivity index (χ0n) is 9.98. The highest BCUT2D eigenvalue weighted by Gasteiger charge is 2.16. The van der Waals surface area contributed by atoms with E-state index in [1.54, 1.807) is 11.3 Å². The van der Waals surface area contributed by atoms with Gasteiger partial charge in [-0.2, -0.15) is 16.4 Å². The number of nitrogens with zero attached hydrogens (tertiary/aromatic N) is 2. The van der Waals surface area contributed by atoms with Crippen LogP contribution in [-0.4, -0.2) is 9.78 Å². The number of rotatable bonds is 4. The Morgan fingerprint density at radius 3 is 2.88 bits per heavy atom. The van der Waals surface area contributed by atoms with Gasteiger partial charge in [0.25, 0.3) is 0 Å². The molecule has 17 heavy (non-hydrogen) atoms. The molecule has 92 valence electrons. The van der Waals surface area contributed by atoms with Crippen LogP contribution in [-0.2, 0) is 19.9 Å². The Morgan fingerprint density at radius 2 is 2.35 bits per heavy atom. The van der Waals surface area contributed by atoms with E-state index in [0.717, 1.165) is 34.8 Å². The van der Waals surface area contributed by atoms with Crippen molar-refractivity contribution in [2.45, 2.75) is 25.8 Å². The Morgan fingerprint density at radius 1 is 1.59 bits per heavy atom. The molecular formula is C12H16ClN3S. The molecule has 2 aromatic rings. The average Bonchev–Trinajstić information content (AvgIpc) is 2.92. The highest BCUT2D eigenvalue weighted by molar-refractivity contribution is 7.07. The van der Waals surface area contributed by atoms with E-state index in [9.17, 15) is 0 Å². The van der Waals surface area contributed by atoms with Crippen molar-refractivity contribution in [1.82, 2.24) is 9.78 Å². The topological polar surface area (TPSA) is 43.8 Å². The van der Waals surface area contributed by atoms with Gasteiger partial charge in [0.15, 0.2) is 0 Å². The first kappa shape index (κ1) is 12.6. The van der Waals surface area contributed by atoms with Gasteiger partial charge in [-0.25, -0.2) is 0 Å². The van der Waals surface area contributed by atoms with Gasteiger partial charge in [0.2, 0.25) is 0 Å². The second kappa shape index (κ2) is 5.21. The molecule has 0 aliphatic rings. The van der Waals surface area contributed by atoms with Crippen LogP contribution in [0, 0.1) is 0 Å². The molecule has 0 saturated heterocycles. The highest BCUT2D eigenvalue weighted by atomic mass is 35.5. The monoisotopic (exact) mass is 269 g/mol. The number of halogens is 1. The summed E-state index contributed by atoms with van der Waals surface area (Å²) in [4.78, 5) is 0. The van der Waals surface area contributed by atoms with Crippen LogP contribution < -0.4 is 5.73 Å². The van der Waals surface area contributed by atoms with E-state index in [4.69, 9.17) is 17.3 Å². The van der Waals surface area contributed by atoms with E-state index in [-0.39, 0.29) is 6.04 Å². The summed E-state index contributed by atoms with van der Waals surface area (Å²) < 4.78 is 1.84. The van der Waals surface area contributed by atoms with Gasteiger partial charge in [0.05, 0.1) is 16.4 Å². The SMILES string of the molecule is CCc1nn(C)c(CC(N)c2ccsc2)c1Cl. The van der Waals surface area contributed by atoms with Crippen molar-refractivity contribution in [1.29, 1.82) is 0 Å². The largest absolute Gasteiger partial charge is 0.324 e. The van der Waals surface area contributed by atoms with Crippen molar-refractivity contribution in [2.24, 2.45) is 12.8 Å². The van der Waals surface area contributed by atoms with E-state index in [1.165, 1.54) is 0 Å². The standard InChI is InChI=1S/C12H16ClN3S/c1-3-10-12(13)11(16(2)15-10)6-9(14)8-4-5-17-7-8/h4-5,7,9H,3,6,14H2,1-2H3. The minimum atomic E-state index is -0.0149. The van der Waals surface area contributed by atoms with E-state index in [1.807, 2.05) is 17.1 Å². The molecule has 0 fully saturated rings. The van der Waals surface area contributed by atoms with Gasteiger partial charge < -0.3 is 5.73 Å². The summed E-state index contributed by atoms with van der Waals surface area (Å²) >= 11 is 7.96. The fraction of sp³-hybridized carbons (Fsp3) is 0.417.